The molecule has 0 aliphatic carbocycles. The predicted molar refractivity (Wildman–Crippen MR) is 69.7 cm³/mol. The molecule has 0 amide bonds. The number of hydrogen-bond acceptors (Lipinski definition) is 6. The minimum Gasteiger partial charge on any atom is -0.494 e. The van der Waals surface area contributed by atoms with Crippen LogP contribution in [0.3, 0.4) is 0 Å². The zero-order valence-electron chi connectivity index (χ0n) is 10.2. The number of anilines is 1. The quantitative estimate of drug-likeness (QED) is 0.666. The average Bonchev–Trinajstić information content (AvgIpc) is 2.39. The maximum absolute atomic E-state index is 11.0. The molecule has 0 spiro atoms. The van der Waals surface area contributed by atoms with Gasteiger partial charge in [0.05, 0.1) is 11.5 Å². The molecule has 98 valence electrons. The molecule has 1 aromatic heterocycles. The second kappa shape index (κ2) is 5.30. The Morgan fingerprint density at radius 1 is 1.47 bits per heavy atom. The lowest BCUT2D eigenvalue weighted by Crippen LogP contribution is -2.01. The van der Waals surface area contributed by atoms with E-state index >= 15 is 0 Å². The van der Waals surface area contributed by atoms with Crippen LogP contribution in [0.4, 0.5) is 11.6 Å². The number of nitro groups is 1. The first-order valence-corrected chi connectivity index (χ1v) is 5.62. The van der Waals surface area contributed by atoms with Gasteiger partial charge < -0.3 is 10.5 Å². The Morgan fingerprint density at radius 3 is 2.95 bits per heavy atom. The van der Waals surface area contributed by atoms with Crippen molar-refractivity contribution in [2.24, 2.45) is 0 Å². The maximum Gasteiger partial charge on any atom is 0.313 e. The summed E-state index contributed by atoms with van der Waals surface area (Å²) in [6.45, 7) is 2.37. The van der Waals surface area contributed by atoms with Crippen molar-refractivity contribution >= 4 is 11.6 Å². The van der Waals surface area contributed by atoms with Gasteiger partial charge >= 0.3 is 5.69 Å². The number of rotatable bonds is 4. The van der Waals surface area contributed by atoms with E-state index in [0.29, 0.717) is 17.9 Å². The average molecular weight is 260 g/mol. The smallest absolute Gasteiger partial charge is 0.313 e. The second-order valence-corrected chi connectivity index (χ2v) is 3.68. The summed E-state index contributed by atoms with van der Waals surface area (Å²) in [6, 6.07) is 6.89. The fraction of sp³-hybridized carbons (Fsp3) is 0.167. The fourth-order valence-corrected chi connectivity index (χ4v) is 1.64. The van der Waals surface area contributed by atoms with Gasteiger partial charge in [0.25, 0.3) is 0 Å². The molecule has 2 aromatic rings. The van der Waals surface area contributed by atoms with Crippen LogP contribution in [0.15, 0.2) is 30.5 Å². The summed E-state index contributed by atoms with van der Waals surface area (Å²) in [5.41, 5.74) is 6.04. The molecule has 0 bridgehead atoms. The predicted octanol–water partition coefficient (Wildman–Crippen LogP) is 2.03. The lowest BCUT2D eigenvalue weighted by molar-refractivity contribution is -0.384. The van der Waals surface area contributed by atoms with Crippen LogP contribution >= 0.6 is 0 Å². The van der Waals surface area contributed by atoms with Gasteiger partial charge in [-0.1, -0.05) is 12.1 Å². The molecule has 0 saturated heterocycles. The number of nitrogens with two attached hydrogens (primary N) is 1. The van der Waals surface area contributed by atoms with Gasteiger partial charge in [-0.05, 0) is 19.1 Å². The van der Waals surface area contributed by atoms with Gasteiger partial charge in [-0.2, -0.15) is 0 Å². The van der Waals surface area contributed by atoms with Crippen molar-refractivity contribution in [2.45, 2.75) is 6.92 Å². The summed E-state index contributed by atoms with van der Waals surface area (Å²) in [6.07, 6.45) is 1.10. The Bertz CT molecular complexity index is 616. The molecule has 0 aliphatic heterocycles. The summed E-state index contributed by atoms with van der Waals surface area (Å²) < 4.78 is 5.35. The first-order valence-electron chi connectivity index (χ1n) is 5.62. The van der Waals surface area contributed by atoms with Gasteiger partial charge in [0.2, 0.25) is 5.95 Å². The Hall–Kier alpha value is -2.70. The van der Waals surface area contributed by atoms with Crippen LogP contribution in [0.25, 0.3) is 11.3 Å². The van der Waals surface area contributed by atoms with Crippen molar-refractivity contribution in [2.75, 3.05) is 12.3 Å². The standard InChI is InChI=1S/C12H12N4O3/c1-2-19-9-5-3-4-8(6-9)11-10(16(17)18)7-14-12(13)15-11/h3-7H,2H2,1H3,(H2,13,14,15). The Morgan fingerprint density at radius 2 is 2.26 bits per heavy atom. The first-order chi connectivity index (χ1) is 9.11. The molecule has 0 unspecified atom stereocenters. The molecule has 0 fully saturated rings. The third-order valence-electron chi connectivity index (χ3n) is 2.40. The van der Waals surface area contributed by atoms with E-state index in [0.717, 1.165) is 6.20 Å². The zero-order chi connectivity index (χ0) is 13.8. The van der Waals surface area contributed by atoms with E-state index in [4.69, 9.17) is 10.5 Å². The van der Waals surface area contributed by atoms with E-state index in [9.17, 15) is 10.1 Å². The zero-order valence-corrected chi connectivity index (χ0v) is 10.2. The Kier molecular flexibility index (Phi) is 3.56. The highest BCUT2D eigenvalue weighted by Crippen LogP contribution is 2.29. The SMILES string of the molecule is CCOc1cccc(-c2nc(N)ncc2[N+](=O)[O-])c1. The van der Waals surface area contributed by atoms with E-state index in [1.807, 2.05) is 6.92 Å². The molecule has 7 nitrogen and oxygen atoms in total. The van der Waals surface area contributed by atoms with Gasteiger partial charge in [-0.25, -0.2) is 9.97 Å². The lowest BCUT2D eigenvalue weighted by Gasteiger charge is -2.06. The van der Waals surface area contributed by atoms with Crippen LogP contribution in [0.2, 0.25) is 0 Å². The molecule has 1 heterocycles. The summed E-state index contributed by atoms with van der Waals surface area (Å²) in [5.74, 6) is 0.605. The van der Waals surface area contributed by atoms with Crippen molar-refractivity contribution < 1.29 is 9.66 Å². The normalized spacial score (nSPS) is 10.2. The molecule has 1 aromatic carbocycles. The van der Waals surface area contributed by atoms with Gasteiger partial charge in [0.15, 0.2) is 5.69 Å². The Labute approximate surface area is 109 Å². The third-order valence-corrected chi connectivity index (χ3v) is 2.40. The largest absolute Gasteiger partial charge is 0.494 e. The van der Waals surface area contributed by atoms with Crippen LogP contribution in [0, 0.1) is 10.1 Å². The molecule has 0 saturated carbocycles. The van der Waals surface area contributed by atoms with Crippen molar-refractivity contribution in [3.63, 3.8) is 0 Å². The monoisotopic (exact) mass is 260 g/mol. The number of aromatic nitrogens is 2. The van der Waals surface area contributed by atoms with Gasteiger partial charge in [0, 0.05) is 5.56 Å². The molecular weight excluding hydrogens is 248 g/mol. The second-order valence-electron chi connectivity index (χ2n) is 3.68. The lowest BCUT2D eigenvalue weighted by atomic mass is 10.1. The van der Waals surface area contributed by atoms with Crippen LogP contribution in [-0.4, -0.2) is 21.5 Å². The van der Waals surface area contributed by atoms with Crippen LogP contribution < -0.4 is 10.5 Å². The van der Waals surface area contributed by atoms with Crippen LogP contribution in [0.5, 0.6) is 5.75 Å². The van der Waals surface area contributed by atoms with Gasteiger partial charge in [-0.3, -0.25) is 10.1 Å². The van der Waals surface area contributed by atoms with E-state index < -0.39 is 4.92 Å². The van der Waals surface area contributed by atoms with E-state index in [2.05, 4.69) is 9.97 Å². The van der Waals surface area contributed by atoms with E-state index in [1.165, 1.54) is 0 Å². The van der Waals surface area contributed by atoms with Crippen molar-refractivity contribution in [3.8, 4) is 17.0 Å². The molecule has 19 heavy (non-hydrogen) atoms. The topological polar surface area (TPSA) is 104 Å². The highest BCUT2D eigenvalue weighted by atomic mass is 16.6. The first kappa shape index (κ1) is 12.7. The maximum atomic E-state index is 11.0. The number of nitrogen functional groups attached to an aromatic ring is 1. The molecule has 2 N–H and O–H groups in total. The van der Waals surface area contributed by atoms with Crippen molar-refractivity contribution in [1.29, 1.82) is 0 Å². The highest BCUT2D eigenvalue weighted by molar-refractivity contribution is 5.70. The van der Waals surface area contributed by atoms with Crippen molar-refractivity contribution in [3.05, 3.63) is 40.6 Å². The summed E-state index contributed by atoms with van der Waals surface area (Å²) in [7, 11) is 0. The fourth-order valence-electron chi connectivity index (χ4n) is 1.64. The molecule has 2 rings (SSSR count). The summed E-state index contributed by atoms with van der Waals surface area (Å²) >= 11 is 0. The van der Waals surface area contributed by atoms with Crippen LogP contribution in [0.1, 0.15) is 6.92 Å². The molecule has 7 heteroatoms. The van der Waals surface area contributed by atoms with E-state index in [-0.39, 0.29) is 17.3 Å². The summed E-state index contributed by atoms with van der Waals surface area (Å²) in [5, 5.41) is 11.0. The van der Waals surface area contributed by atoms with Crippen LogP contribution in [-0.2, 0) is 0 Å². The number of benzene rings is 1. The third kappa shape index (κ3) is 2.76. The van der Waals surface area contributed by atoms with Crippen molar-refractivity contribution in [1.82, 2.24) is 9.97 Å². The van der Waals surface area contributed by atoms with E-state index in [1.54, 1.807) is 24.3 Å². The Balaban J connectivity index is 2.54. The number of nitrogens with zero attached hydrogens (tertiary/aromatic N) is 3. The molecule has 0 radical (unpaired) electrons. The minimum atomic E-state index is -0.540. The molecular formula is C12H12N4O3. The highest BCUT2D eigenvalue weighted by Gasteiger charge is 2.18. The van der Waals surface area contributed by atoms with Gasteiger partial charge in [-0.15, -0.1) is 0 Å². The van der Waals surface area contributed by atoms with Gasteiger partial charge in [0.1, 0.15) is 11.9 Å². The summed E-state index contributed by atoms with van der Waals surface area (Å²) in [4.78, 5) is 18.0. The molecule has 0 atom stereocenters. The minimum absolute atomic E-state index is 0.0117. The number of ether oxygens (including phenoxy) is 1. The number of hydrogen-bond donors (Lipinski definition) is 1. The molecule has 0 aliphatic rings.